The topological polar surface area (TPSA) is 67.4 Å². The van der Waals surface area contributed by atoms with Crippen molar-refractivity contribution in [2.24, 2.45) is 0 Å². The number of thiophene rings is 1. The van der Waals surface area contributed by atoms with Gasteiger partial charge in [-0.1, -0.05) is 35.9 Å². The maximum Gasteiger partial charge on any atom is 0.258 e. The number of carbonyl (C=O) groups is 2. The minimum absolute atomic E-state index is 0.116. The Bertz CT molecular complexity index is 928. The second-order valence-corrected chi connectivity index (χ2v) is 7.42. The molecule has 0 fully saturated rings. The average molecular weight is 401 g/mol. The van der Waals surface area contributed by atoms with E-state index in [-0.39, 0.29) is 18.4 Å². The molecule has 1 aromatic heterocycles. The van der Waals surface area contributed by atoms with Gasteiger partial charge in [-0.05, 0) is 36.4 Å². The van der Waals surface area contributed by atoms with E-state index >= 15 is 0 Å². The van der Waals surface area contributed by atoms with Crippen molar-refractivity contribution < 1.29 is 14.3 Å². The van der Waals surface area contributed by atoms with Crippen molar-refractivity contribution in [3.05, 3.63) is 81.5 Å². The fraction of sp³-hybridized carbons (Fsp3) is 0.100. The van der Waals surface area contributed by atoms with Crippen molar-refractivity contribution in [1.29, 1.82) is 0 Å². The number of amides is 2. The fourth-order valence-electron chi connectivity index (χ4n) is 2.29. The second kappa shape index (κ2) is 9.21. The van der Waals surface area contributed by atoms with Gasteiger partial charge in [0, 0.05) is 22.2 Å². The van der Waals surface area contributed by atoms with Gasteiger partial charge in [0.25, 0.3) is 11.8 Å². The summed E-state index contributed by atoms with van der Waals surface area (Å²) < 4.78 is 6.19. The standard InChI is InChI=1S/C20H17ClN2O3S/c21-18-10-9-17(27-18)12-22-19(24)13-26-16-8-4-7-15(11-16)23-20(25)14-5-2-1-3-6-14/h1-11H,12-13H2,(H,22,24)(H,23,25). The molecule has 0 atom stereocenters. The summed E-state index contributed by atoms with van der Waals surface area (Å²) in [6.45, 7) is 0.294. The van der Waals surface area contributed by atoms with Gasteiger partial charge in [-0.2, -0.15) is 0 Å². The largest absolute Gasteiger partial charge is 0.484 e. The Hall–Kier alpha value is -2.83. The molecule has 27 heavy (non-hydrogen) atoms. The number of anilines is 1. The highest BCUT2D eigenvalue weighted by molar-refractivity contribution is 7.16. The molecule has 3 rings (SSSR count). The maximum absolute atomic E-state index is 12.2. The summed E-state index contributed by atoms with van der Waals surface area (Å²) in [6.07, 6.45) is 0. The second-order valence-electron chi connectivity index (χ2n) is 5.62. The van der Waals surface area contributed by atoms with E-state index in [1.165, 1.54) is 11.3 Å². The molecule has 0 saturated carbocycles. The quantitative estimate of drug-likeness (QED) is 0.619. The number of carbonyl (C=O) groups excluding carboxylic acids is 2. The fourth-order valence-corrected chi connectivity index (χ4v) is 3.32. The van der Waals surface area contributed by atoms with E-state index in [9.17, 15) is 9.59 Å². The van der Waals surface area contributed by atoms with Crippen LogP contribution in [0.2, 0.25) is 4.34 Å². The molecular weight excluding hydrogens is 384 g/mol. The highest BCUT2D eigenvalue weighted by atomic mass is 35.5. The zero-order valence-electron chi connectivity index (χ0n) is 14.3. The van der Waals surface area contributed by atoms with E-state index in [1.54, 1.807) is 54.6 Å². The van der Waals surface area contributed by atoms with Crippen LogP contribution in [0, 0.1) is 0 Å². The molecular formula is C20H17ClN2O3S. The lowest BCUT2D eigenvalue weighted by Gasteiger charge is -2.09. The number of halogens is 1. The molecule has 1 heterocycles. The van der Waals surface area contributed by atoms with E-state index in [2.05, 4.69) is 10.6 Å². The Balaban J connectivity index is 1.50. The zero-order chi connectivity index (χ0) is 19.1. The molecule has 0 spiro atoms. The lowest BCUT2D eigenvalue weighted by atomic mass is 10.2. The first-order valence-corrected chi connectivity index (χ1v) is 9.40. The van der Waals surface area contributed by atoms with Crippen LogP contribution in [0.15, 0.2) is 66.7 Å². The third-order valence-electron chi connectivity index (χ3n) is 3.59. The molecule has 0 radical (unpaired) electrons. The first kappa shape index (κ1) is 18.9. The van der Waals surface area contributed by atoms with Crippen LogP contribution >= 0.6 is 22.9 Å². The van der Waals surface area contributed by atoms with Gasteiger partial charge in [0.05, 0.1) is 10.9 Å². The number of nitrogens with one attached hydrogen (secondary N) is 2. The maximum atomic E-state index is 12.2. The summed E-state index contributed by atoms with van der Waals surface area (Å²) in [4.78, 5) is 25.1. The lowest BCUT2D eigenvalue weighted by molar-refractivity contribution is -0.123. The summed E-state index contributed by atoms with van der Waals surface area (Å²) in [5, 5.41) is 5.57. The predicted octanol–water partition coefficient (Wildman–Crippen LogP) is 4.35. The molecule has 2 aromatic carbocycles. The number of ether oxygens (including phenoxy) is 1. The van der Waals surface area contributed by atoms with Gasteiger partial charge in [-0.3, -0.25) is 9.59 Å². The SMILES string of the molecule is O=C(COc1cccc(NC(=O)c2ccccc2)c1)NCc1ccc(Cl)s1. The minimum atomic E-state index is -0.238. The van der Waals surface area contributed by atoms with Crippen molar-refractivity contribution >= 4 is 40.4 Å². The highest BCUT2D eigenvalue weighted by Crippen LogP contribution is 2.21. The molecule has 2 N–H and O–H groups in total. The van der Waals surface area contributed by atoms with E-state index in [0.29, 0.717) is 27.9 Å². The monoisotopic (exact) mass is 400 g/mol. The van der Waals surface area contributed by atoms with Crippen molar-refractivity contribution in [2.45, 2.75) is 6.54 Å². The summed E-state index contributed by atoms with van der Waals surface area (Å²) in [7, 11) is 0. The number of hydrogen-bond donors (Lipinski definition) is 2. The van der Waals surface area contributed by atoms with Crippen LogP contribution < -0.4 is 15.4 Å². The summed E-state index contributed by atoms with van der Waals surface area (Å²) in [5.41, 5.74) is 1.16. The van der Waals surface area contributed by atoms with Crippen LogP contribution in [0.3, 0.4) is 0 Å². The van der Waals surface area contributed by atoms with Crippen LogP contribution in [-0.4, -0.2) is 18.4 Å². The summed E-state index contributed by atoms with van der Waals surface area (Å²) >= 11 is 7.28. The molecule has 0 unspecified atom stereocenters. The van der Waals surface area contributed by atoms with Crippen LogP contribution in [0.25, 0.3) is 0 Å². The summed E-state index contributed by atoms with van der Waals surface area (Å²) in [6, 6.07) is 19.5. The van der Waals surface area contributed by atoms with E-state index < -0.39 is 0 Å². The van der Waals surface area contributed by atoms with Crippen molar-refractivity contribution in [1.82, 2.24) is 5.32 Å². The summed E-state index contributed by atoms with van der Waals surface area (Å²) in [5.74, 6) is 0.0496. The normalized spacial score (nSPS) is 10.3. The molecule has 2 amide bonds. The molecule has 7 heteroatoms. The van der Waals surface area contributed by atoms with Gasteiger partial charge < -0.3 is 15.4 Å². The number of benzene rings is 2. The minimum Gasteiger partial charge on any atom is -0.484 e. The van der Waals surface area contributed by atoms with E-state index in [0.717, 1.165) is 4.88 Å². The molecule has 0 aliphatic carbocycles. The van der Waals surface area contributed by atoms with Crippen LogP contribution in [-0.2, 0) is 11.3 Å². The lowest BCUT2D eigenvalue weighted by Crippen LogP contribution is -2.28. The average Bonchev–Trinajstić information content (AvgIpc) is 3.11. The first-order chi connectivity index (χ1) is 13.1. The first-order valence-electron chi connectivity index (χ1n) is 8.20. The van der Waals surface area contributed by atoms with Crippen LogP contribution in [0.5, 0.6) is 5.75 Å². The van der Waals surface area contributed by atoms with Gasteiger partial charge in [-0.15, -0.1) is 11.3 Å². The van der Waals surface area contributed by atoms with E-state index in [4.69, 9.17) is 16.3 Å². The number of hydrogen-bond acceptors (Lipinski definition) is 4. The Morgan fingerprint density at radius 2 is 1.81 bits per heavy atom. The zero-order valence-corrected chi connectivity index (χ0v) is 15.8. The highest BCUT2D eigenvalue weighted by Gasteiger charge is 2.07. The van der Waals surface area contributed by atoms with Gasteiger partial charge >= 0.3 is 0 Å². The van der Waals surface area contributed by atoms with Gasteiger partial charge in [0.2, 0.25) is 0 Å². The molecule has 5 nitrogen and oxygen atoms in total. The molecule has 3 aromatic rings. The van der Waals surface area contributed by atoms with Gasteiger partial charge in [0.1, 0.15) is 5.75 Å². The Morgan fingerprint density at radius 1 is 1.00 bits per heavy atom. The molecule has 0 aliphatic rings. The third kappa shape index (κ3) is 5.84. The van der Waals surface area contributed by atoms with Gasteiger partial charge in [-0.25, -0.2) is 0 Å². The third-order valence-corrected chi connectivity index (χ3v) is 4.82. The predicted molar refractivity (Wildman–Crippen MR) is 108 cm³/mol. The molecule has 0 bridgehead atoms. The number of rotatable bonds is 7. The van der Waals surface area contributed by atoms with Gasteiger partial charge in [0.15, 0.2) is 6.61 Å². The molecule has 0 saturated heterocycles. The Labute approximate surface area is 165 Å². The van der Waals surface area contributed by atoms with Crippen LogP contribution in [0.4, 0.5) is 5.69 Å². The molecule has 138 valence electrons. The van der Waals surface area contributed by atoms with Crippen molar-refractivity contribution in [2.75, 3.05) is 11.9 Å². The smallest absolute Gasteiger partial charge is 0.258 e. The Kier molecular flexibility index (Phi) is 6.46. The van der Waals surface area contributed by atoms with Crippen LogP contribution in [0.1, 0.15) is 15.2 Å². The Morgan fingerprint density at radius 3 is 2.56 bits per heavy atom. The van der Waals surface area contributed by atoms with Crippen molar-refractivity contribution in [3.63, 3.8) is 0 Å². The molecule has 0 aliphatic heterocycles. The van der Waals surface area contributed by atoms with Crippen molar-refractivity contribution in [3.8, 4) is 5.75 Å². The van der Waals surface area contributed by atoms with E-state index in [1.807, 2.05) is 12.1 Å².